The van der Waals surface area contributed by atoms with E-state index < -0.39 is 0 Å². The molecule has 0 aliphatic heterocycles. The normalized spacial score (nSPS) is 10.8. The number of halogens is 1. The highest BCUT2D eigenvalue weighted by atomic mass is 19.1. The van der Waals surface area contributed by atoms with E-state index in [4.69, 9.17) is 4.52 Å². The van der Waals surface area contributed by atoms with Gasteiger partial charge in [-0.2, -0.15) is 4.98 Å². The molecule has 0 radical (unpaired) electrons. The van der Waals surface area contributed by atoms with Gasteiger partial charge >= 0.3 is 0 Å². The van der Waals surface area contributed by atoms with Crippen LogP contribution >= 0.6 is 0 Å². The van der Waals surface area contributed by atoms with Crippen LogP contribution in [0.2, 0.25) is 0 Å². The maximum Gasteiger partial charge on any atom is 0.227 e. The number of nitrogens with one attached hydrogen (secondary N) is 1. The Morgan fingerprint density at radius 3 is 2.94 bits per heavy atom. The van der Waals surface area contributed by atoms with Crippen molar-refractivity contribution in [2.24, 2.45) is 0 Å². The van der Waals surface area contributed by atoms with Crippen LogP contribution in [0.1, 0.15) is 24.2 Å². The Hall–Kier alpha value is -1.75. The fourth-order valence-corrected chi connectivity index (χ4v) is 1.65. The first kappa shape index (κ1) is 12.7. The molecule has 0 atom stereocenters. The van der Waals surface area contributed by atoms with E-state index in [2.05, 4.69) is 15.5 Å². The van der Waals surface area contributed by atoms with Crippen LogP contribution in [0.5, 0.6) is 0 Å². The van der Waals surface area contributed by atoms with Gasteiger partial charge in [0.2, 0.25) is 5.89 Å². The summed E-state index contributed by atoms with van der Waals surface area (Å²) in [6, 6.07) is 6.62. The summed E-state index contributed by atoms with van der Waals surface area (Å²) < 4.78 is 18.5. The lowest BCUT2D eigenvalue weighted by atomic mass is 10.1. The van der Waals surface area contributed by atoms with Gasteiger partial charge < -0.3 is 9.84 Å². The third kappa shape index (κ3) is 3.37. The van der Waals surface area contributed by atoms with E-state index in [-0.39, 0.29) is 5.82 Å². The van der Waals surface area contributed by atoms with Crippen LogP contribution < -0.4 is 5.32 Å². The van der Waals surface area contributed by atoms with E-state index in [0.717, 1.165) is 13.1 Å². The average Bonchev–Trinajstić information content (AvgIpc) is 2.80. The number of nitrogens with zero attached hydrogens (tertiary/aromatic N) is 2. The zero-order chi connectivity index (χ0) is 12.8. The molecule has 1 N–H and O–H groups in total. The van der Waals surface area contributed by atoms with Crippen molar-refractivity contribution in [3.05, 3.63) is 47.4 Å². The van der Waals surface area contributed by atoms with Crippen molar-refractivity contribution in [2.75, 3.05) is 13.1 Å². The minimum absolute atomic E-state index is 0.239. The molecule has 0 bridgehead atoms. The lowest BCUT2D eigenvalue weighted by Gasteiger charge is -1.97. The Kier molecular flexibility index (Phi) is 4.41. The second kappa shape index (κ2) is 6.26. The minimum Gasteiger partial charge on any atom is -0.339 e. The largest absolute Gasteiger partial charge is 0.339 e. The van der Waals surface area contributed by atoms with Gasteiger partial charge in [-0.15, -0.1) is 0 Å². The molecular weight excluding hydrogens is 233 g/mol. The molecule has 2 aromatic rings. The molecule has 0 saturated heterocycles. The number of hydrogen-bond acceptors (Lipinski definition) is 4. The molecule has 0 amide bonds. The van der Waals surface area contributed by atoms with E-state index in [1.165, 1.54) is 6.07 Å². The summed E-state index contributed by atoms with van der Waals surface area (Å²) in [5.41, 5.74) is 0.580. The van der Waals surface area contributed by atoms with E-state index in [1.807, 2.05) is 6.92 Å². The Balaban J connectivity index is 1.96. The van der Waals surface area contributed by atoms with E-state index in [0.29, 0.717) is 30.1 Å². The Morgan fingerprint density at radius 1 is 1.33 bits per heavy atom. The third-order valence-corrected chi connectivity index (χ3v) is 2.58. The fraction of sp³-hybridized carbons (Fsp3) is 0.385. The summed E-state index contributed by atoms with van der Waals surface area (Å²) in [7, 11) is 0. The first-order valence-corrected chi connectivity index (χ1v) is 6.05. The van der Waals surface area contributed by atoms with Crippen molar-refractivity contribution in [3.63, 3.8) is 0 Å². The molecule has 0 aliphatic rings. The second-order valence-electron chi connectivity index (χ2n) is 3.98. The van der Waals surface area contributed by atoms with Crippen molar-refractivity contribution < 1.29 is 8.91 Å². The molecule has 0 aliphatic carbocycles. The lowest BCUT2D eigenvalue weighted by molar-refractivity contribution is 0.371. The Morgan fingerprint density at radius 2 is 2.17 bits per heavy atom. The SMILES string of the molecule is CCNCCc1nc(Cc2ccccc2F)no1. The lowest BCUT2D eigenvalue weighted by Crippen LogP contribution is -2.16. The van der Waals surface area contributed by atoms with Crippen LogP contribution in [-0.4, -0.2) is 23.2 Å². The second-order valence-corrected chi connectivity index (χ2v) is 3.98. The summed E-state index contributed by atoms with van der Waals surface area (Å²) in [6.07, 6.45) is 1.05. The average molecular weight is 249 g/mol. The van der Waals surface area contributed by atoms with Crippen molar-refractivity contribution in [2.45, 2.75) is 19.8 Å². The molecule has 96 valence electrons. The summed E-state index contributed by atoms with van der Waals surface area (Å²) in [6.45, 7) is 3.76. The molecule has 2 rings (SSSR count). The molecule has 1 heterocycles. The number of rotatable bonds is 6. The molecule has 0 spiro atoms. The zero-order valence-corrected chi connectivity index (χ0v) is 10.3. The smallest absolute Gasteiger partial charge is 0.227 e. The van der Waals surface area contributed by atoms with Gasteiger partial charge in [-0.1, -0.05) is 30.3 Å². The van der Waals surface area contributed by atoms with Crippen LogP contribution in [-0.2, 0) is 12.8 Å². The van der Waals surface area contributed by atoms with E-state index >= 15 is 0 Å². The summed E-state index contributed by atoms with van der Waals surface area (Å²) in [5, 5.41) is 7.03. The molecule has 1 aromatic carbocycles. The molecular formula is C13H16FN3O. The van der Waals surface area contributed by atoms with Crippen molar-refractivity contribution in [1.82, 2.24) is 15.5 Å². The molecule has 1 aromatic heterocycles. The first-order chi connectivity index (χ1) is 8.79. The zero-order valence-electron chi connectivity index (χ0n) is 10.3. The maximum atomic E-state index is 13.4. The van der Waals surface area contributed by atoms with Gasteiger partial charge in [-0.05, 0) is 18.2 Å². The van der Waals surface area contributed by atoms with Gasteiger partial charge in [0.1, 0.15) is 5.82 Å². The first-order valence-electron chi connectivity index (χ1n) is 6.05. The van der Waals surface area contributed by atoms with E-state index in [9.17, 15) is 4.39 Å². The number of benzene rings is 1. The number of likely N-dealkylation sites (N-methyl/N-ethyl adjacent to an activating group) is 1. The molecule has 0 fully saturated rings. The summed E-state index contributed by atoms with van der Waals surface area (Å²) in [4.78, 5) is 4.23. The number of hydrogen-bond donors (Lipinski definition) is 1. The minimum atomic E-state index is -0.239. The molecule has 4 nitrogen and oxygen atoms in total. The van der Waals surface area contributed by atoms with Crippen LogP contribution in [0.25, 0.3) is 0 Å². The Bertz CT molecular complexity index is 498. The van der Waals surface area contributed by atoms with Crippen molar-refractivity contribution in [3.8, 4) is 0 Å². The van der Waals surface area contributed by atoms with Crippen LogP contribution in [0, 0.1) is 5.82 Å². The topological polar surface area (TPSA) is 51.0 Å². The predicted octanol–water partition coefficient (Wildman–Crippen LogP) is 1.95. The van der Waals surface area contributed by atoms with Gasteiger partial charge in [0.25, 0.3) is 0 Å². The third-order valence-electron chi connectivity index (χ3n) is 2.58. The van der Waals surface area contributed by atoms with Gasteiger partial charge in [0, 0.05) is 19.4 Å². The molecule has 18 heavy (non-hydrogen) atoms. The van der Waals surface area contributed by atoms with Crippen molar-refractivity contribution >= 4 is 0 Å². The van der Waals surface area contributed by atoms with Gasteiger partial charge in [-0.3, -0.25) is 0 Å². The standard InChI is InChI=1S/C13H16FN3O/c1-2-15-8-7-13-16-12(17-18-13)9-10-5-3-4-6-11(10)14/h3-6,15H,2,7-9H2,1H3. The van der Waals surface area contributed by atoms with Gasteiger partial charge in [-0.25, -0.2) is 4.39 Å². The highest BCUT2D eigenvalue weighted by Crippen LogP contribution is 2.11. The van der Waals surface area contributed by atoms with Crippen LogP contribution in [0.4, 0.5) is 4.39 Å². The Labute approximate surface area is 105 Å². The quantitative estimate of drug-likeness (QED) is 0.795. The van der Waals surface area contributed by atoms with Gasteiger partial charge in [0.15, 0.2) is 5.82 Å². The highest BCUT2D eigenvalue weighted by Gasteiger charge is 2.09. The maximum absolute atomic E-state index is 13.4. The molecule has 0 saturated carbocycles. The monoisotopic (exact) mass is 249 g/mol. The highest BCUT2D eigenvalue weighted by molar-refractivity contribution is 5.20. The van der Waals surface area contributed by atoms with Crippen molar-refractivity contribution in [1.29, 1.82) is 0 Å². The van der Waals surface area contributed by atoms with Gasteiger partial charge in [0.05, 0.1) is 0 Å². The fourth-order valence-electron chi connectivity index (χ4n) is 1.65. The summed E-state index contributed by atoms with van der Waals surface area (Å²) in [5.74, 6) is 0.866. The number of aromatic nitrogens is 2. The van der Waals surface area contributed by atoms with Crippen LogP contribution in [0.3, 0.4) is 0 Å². The summed E-state index contributed by atoms with van der Waals surface area (Å²) >= 11 is 0. The molecule has 0 unspecified atom stereocenters. The van der Waals surface area contributed by atoms with Crippen LogP contribution in [0.15, 0.2) is 28.8 Å². The van der Waals surface area contributed by atoms with E-state index in [1.54, 1.807) is 18.2 Å². The molecule has 5 heteroatoms. The predicted molar refractivity (Wildman–Crippen MR) is 65.8 cm³/mol.